The molecule has 172 valence electrons. The van der Waals surface area contributed by atoms with Gasteiger partial charge in [-0.3, -0.25) is 9.59 Å². The van der Waals surface area contributed by atoms with E-state index < -0.39 is 24.2 Å². The summed E-state index contributed by atoms with van der Waals surface area (Å²) in [7, 11) is 0. The maximum atomic E-state index is 12.6. The Morgan fingerprint density at radius 2 is 1.70 bits per heavy atom. The van der Waals surface area contributed by atoms with E-state index in [0.29, 0.717) is 26.0 Å². The highest BCUT2D eigenvalue weighted by Crippen LogP contribution is 2.44. The fraction of sp³-hybridized carbons (Fsp3) is 0.400. The number of hydrogen-bond acceptors (Lipinski definition) is 5. The van der Waals surface area contributed by atoms with Gasteiger partial charge in [0.25, 0.3) is 5.91 Å². The van der Waals surface area contributed by atoms with Crippen molar-refractivity contribution in [2.75, 3.05) is 19.8 Å². The topological polar surface area (TPSA) is 114 Å². The van der Waals surface area contributed by atoms with Gasteiger partial charge < -0.3 is 25.2 Å². The molecule has 3 aliphatic rings. The lowest BCUT2D eigenvalue weighted by molar-refractivity contribution is -0.139. The Morgan fingerprint density at radius 1 is 1.03 bits per heavy atom. The van der Waals surface area contributed by atoms with Crippen LogP contribution < -0.4 is 10.6 Å². The van der Waals surface area contributed by atoms with E-state index in [2.05, 4.69) is 34.9 Å². The summed E-state index contributed by atoms with van der Waals surface area (Å²) < 4.78 is 11.1. The first kappa shape index (κ1) is 21.5. The average Bonchev–Trinajstić information content (AvgIpc) is 3.35. The average molecular weight is 450 g/mol. The minimum Gasteiger partial charge on any atom is -0.481 e. The molecule has 33 heavy (non-hydrogen) atoms. The maximum absolute atomic E-state index is 12.6. The molecule has 5 rings (SSSR count). The van der Waals surface area contributed by atoms with Crippen molar-refractivity contribution in [1.29, 1.82) is 0 Å². The molecule has 8 nitrogen and oxygen atoms in total. The number of nitrogens with one attached hydrogen (secondary N) is 2. The van der Waals surface area contributed by atoms with E-state index in [0.717, 1.165) is 22.3 Å². The van der Waals surface area contributed by atoms with E-state index in [9.17, 15) is 14.4 Å². The predicted octanol–water partition coefficient (Wildman–Crippen LogP) is 2.52. The summed E-state index contributed by atoms with van der Waals surface area (Å²) in [4.78, 5) is 36.0. The minimum absolute atomic E-state index is 0.0391. The van der Waals surface area contributed by atoms with Gasteiger partial charge in [0.05, 0.1) is 12.0 Å². The van der Waals surface area contributed by atoms with Crippen LogP contribution in [0.25, 0.3) is 11.1 Å². The van der Waals surface area contributed by atoms with Crippen LogP contribution in [0.4, 0.5) is 4.79 Å². The monoisotopic (exact) mass is 450 g/mol. The quantitative estimate of drug-likeness (QED) is 0.597. The highest BCUT2D eigenvalue weighted by atomic mass is 16.6. The minimum atomic E-state index is -0.832. The van der Waals surface area contributed by atoms with E-state index >= 15 is 0 Å². The van der Waals surface area contributed by atoms with Crippen LogP contribution >= 0.6 is 0 Å². The smallest absolute Gasteiger partial charge is 0.407 e. The first-order valence-electron chi connectivity index (χ1n) is 11.3. The highest BCUT2D eigenvalue weighted by molar-refractivity contribution is 5.83. The molecule has 2 aromatic carbocycles. The van der Waals surface area contributed by atoms with Crippen molar-refractivity contribution in [3.05, 3.63) is 59.7 Å². The van der Waals surface area contributed by atoms with Gasteiger partial charge in [-0.2, -0.15) is 0 Å². The van der Waals surface area contributed by atoms with Crippen LogP contribution in [0.15, 0.2) is 48.5 Å². The van der Waals surface area contributed by atoms with Crippen LogP contribution in [0.3, 0.4) is 0 Å². The number of aliphatic carboxylic acids is 1. The Labute approximate surface area is 191 Å². The molecule has 1 aliphatic heterocycles. The number of ether oxygens (including phenoxy) is 2. The van der Waals surface area contributed by atoms with Crippen LogP contribution in [-0.4, -0.2) is 55.0 Å². The molecule has 2 aliphatic carbocycles. The van der Waals surface area contributed by atoms with Gasteiger partial charge in [-0.15, -0.1) is 0 Å². The number of rotatable bonds is 7. The Morgan fingerprint density at radius 3 is 2.33 bits per heavy atom. The van der Waals surface area contributed by atoms with E-state index in [1.165, 1.54) is 0 Å². The molecule has 2 unspecified atom stereocenters. The number of alkyl carbamates (subject to hydrolysis) is 1. The van der Waals surface area contributed by atoms with Gasteiger partial charge in [-0.1, -0.05) is 48.5 Å². The zero-order valence-corrected chi connectivity index (χ0v) is 18.0. The van der Waals surface area contributed by atoms with Crippen molar-refractivity contribution in [3.63, 3.8) is 0 Å². The molecule has 1 heterocycles. The predicted molar refractivity (Wildman–Crippen MR) is 119 cm³/mol. The number of carboxylic acid groups (broad SMARTS) is 1. The fourth-order valence-electron chi connectivity index (χ4n) is 4.90. The highest BCUT2D eigenvalue weighted by Gasteiger charge is 2.44. The summed E-state index contributed by atoms with van der Waals surface area (Å²) in [5, 5.41) is 14.5. The van der Waals surface area contributed by atoms with Crippen molar-refractivity contribution in [3.8, 4) is 11.1 Å². The lowest BCUT2D eigenvalue weighted by Crippen LogP contribution is -2.48. The fourth-order valence-corrected chi connectivity index (χ4v) is 4.90. The number of benzene rings is 2. The zero-order chi connectivity index (χ0) is 22.9. The molecule has 0 spiro atoms. The van der Waals surface area contributed by atoms with Crippen molar-refractivity contribution in [2.24, 2.45) is 11.8 Å². The molecular formula is C25H26N2O6. The number of carbonyl (C=O) groups excluding carboxylic acids is 2. The normalized spacial score (nSPS) is 25.1. The van der Waals surface area contributed by atoms with Crippen LogP contribution in [0.1, 0.15) is 29.9 Å². The Hall–Kier alpha value is -3.39. The Kier molecular flexibility index (Phi) is 5.76. The summed E-state index contributed by atoms with van der Waals surface area (Å²) in [5.41, 5.74) is 4.58. The van der Waals surface area contributed by atoms with Crippen molar-refractivity contribution in [2.45, 2.75) is 30.9 Å². The van der Waals surface area contributed by atoms with Crippen LogP contribution in [0, 0.1) is 11.8 Å². The molecule has 1 saturated heterocycles. The molecule has 0 aromatic heterocycles. The molecule has 0 radical (unpaired) electrons. The van der Waals surface area contributed by atoms with Crippen molar-refractivity contribution in [1.82, 2.24) is 10.6 Å². The molecule has 1 saturated carbocycles. The molecule has 8 heteroatoms. The van der Waals surface area contributed by atoms with Crippen LogP contribution in [0.2, 0.25) is 0 Å². The van der Waals surface area contributed by atoms with Crippen molar-refractivity contribution >= 4 is 18.0 Å². The summed E-state index contributed by atoms with van der Waals surface area (Å²) in [6.07, 6.45) is -0.322. The lowest BCUT2D eigenvalue weighted by Gasteiger charge is -2.20. The van der Waals surface area contributed by atoms with Crippen molar-refractivity contribution < 1.29 is 29.0 Å². The van der Waals surface area contributed by atoms with Gasteiger partial charge in [0.2, 0.25) is 0 Å². The summed E-state index contributed by atoms with van der Waals surface area (Å²) in [6.45, 7) is 0.851. The van der Waals surface area contributed by atoms with E-state index in [4.69, 9.17) is 14.6 Å². The standard InChI is InChI=1S/C25H26N2O6/c28-23(26-12-14-11-19(14)24(29)30)22-21(9-10-32-22)27-25(31)33-13-20-17-7-3-1-5-15(17)16-6-2-4-8-18(16)20/h1-8,14,19-22H,9-13H2,(H,26,28)(H,27,31)(H,29,30)/t14?,19?,21-,22+/m1/s1. The Balaban J connectivity index is 1.15. The van der Waals surface area contributed by atoms with Gasteiger partial charge in [0, 0.05) is 19.1 Å². The van der Waals surface area contributed by atoms with Crippen LogP contribution in [0.5, 0.6) is 0 Å². The van der Waals surface area contributed by atoms with E-state index in [1.807, 2.05) is 24.3 Å². The molecule has 2 aromatic rings. The zero-order valence-electron chi connectivity index (χ0n) is 18.0. The van der Waals surface area contributed by atoms with Gasteiger partial charge in [-0.05, 0) is 41.0 Å². The van der Waals surface area contributed by atoms with Crippen LogP contribution in [-0.2, 0) is 19.1 Å². The third kappa shape index (κ3) is 4.30. The maximum Gasteiger partial charge on any atom is 0.407 e. The molecule has 3 N–H and O–H groups in total. The SMILES string of the molecule is O=C(N[C@@H]1CCO[C@@H]1C(=O)NCC1CC1C(=O)O)OCC1c2ccccc2-c2ccccc21. The number of hydrogen-bond donors (Lipinski definition) is 3. The lowest BCUT2D eigenvalue weighted by atomic mass is 9.98. The van der Waals surface area contributed by atoms with Gasteiger partial charge in [0.1, 0.15) is 6.61 Å². The first-order valence-corrected chi connectivity index (χ1v) is 11.3. The second-order valence-corrected chi connectivity index (χ2v) is 8.84. The van der Waals surface area contributed by atoms with E-state index in [-0.39, 0.29) is 30.3 Å². The summed E-state index contributed by atoms with van der Waals surface area (Å²) >= 11 is 0. The largest absolute Gasteiger partial charge is 0.481 e. The third-order valence-electron chi connectivity index (χ3n) is 6.78. The first-order chi connectivity index (χ1) is 16.0. The molecule has 0 bridgehead atoms. The summed E-state index contributed by atoms with van der Waals surface area (Å²) in [5.74, 6) is -1.64. The Bertz CT molecular complexity index is 1040. The number of carboxylic acids is 1. The van der Waals surface area contributed by atoms with Gasteiger partial charge in [-0.25, -0.2) is 4.79 Å². The van der Waals surface area contributed by atoms with Gasteiger partial charge in [0.15, 0.2) is 6.10 Å². The number of carbonyl (C=O) groups is 3. The molecule has 4 atom stereocenters. The number of amides is 2. The second-order valence-electron chi connectivity index (χ2n) is 8.84. The third-order valence-corrected chi connectivity index (χ3v) is 6.78. The van der Waals surface area contributed by atoms with Gasteiger partial charge >= 0.3 is 12.1 Å². The van der Waals surface area contributed by atoms with E-state index in [1.54, 1.807) is 0 Å². The molecule has 2 fully saturated rings. The number of fused-ring (bicyclic) bond motifs is 3. The summed E-state index contributed by atoms with van der Waals surface area (Å²) in [6, 6.07) is 15.7. The molecular weight excluding hydrogens is 424 g/mol. The second kappa shape index (κ2) is 8.86. The molecule has 2 amide bonds.